The summed E-state index contributed by atoms with van der Waals surface area (Å²) in [6.07, 6.45) is 2.21. The van der Waals surface area contributed by atoms with Gasteiger partial charge in [0.25, 0.3) is 0 Å². The smallest absolute Gasteiger partial charge is 0.171 e. The van der Waals surface area contributed by atoms with Gasteiger partial charge in [-0.1, -0.05) is 6.07 Å². The minimum absolute atomic E-state index is 0.399. The second-order valence-corrected chi connectivity index (χ2v) is 3.76. The molecule has 0 aliphatic carbocycles. The molecule has 2 rings (SSSR count). The van der Waals surface area contributed by atoms with Crippen LogP contribution in [-0.2, 0) is 11.3 Å². The minimum atomic E-state index is 0.399. The minimum Gasteiger partial charge on any atom is -0.489 e. The lowest BCUT2D eigenvalue weighted by Crippen LogP contribution is -2.06. The van der Waals surface area contributed by atoms with Crippen LogP contribution in [0.15, 0.2) is 12.1 Å². The number of hydrogen-bond acceptors (Lipinski definition) is 5. The van der Waals surface area contributed by atoms with Crippen molar-refractivity contribution >= 4 is 6.29 Å². The van der Waals surface area contributed by atoms with Gasteiger partial charge in [0.05, 0.1) is 25.4 Å². The Morgan fingerprint density at radius 3 is 2.76 bits per heavy atom. The van der Waals surface area contributed by atoms with Crippen LogP contribution in [0.4, 0.5) is 0 Å². The SMILES string of the molecule is NOCCc1ccc(C=O)c2c1OCCCO2. The topological polar surface area (TPSA) is 70.8 Å². The van der Waals surface area contributed by atoms with Gasteiger partial charge in [0.15, 0.2) is 17.8 Å². The molecule has 5 nitrogen and oxygen atoms in total. The molecule has 0 saturated carbocycles. The highest BCUT2D eigenvalue weighted by molar-refractivity contribution is 5.82. The maximum atomic E-state index is 10.9. The Balaban J connectivity index is 2.37. The Morgan fingerprint density at radius 2 is 2.06 bits per heavy atom. The predicted octanol–water partition coefficient (Wildman–Crippen LogP) is 1.09. The quantitative estimate of drug-likeness (QED) is 0.627. The van der Waals surface area contributed by atoms with Crippen LogP contribution in [0.5, 0.6) is 11.5 Å². The first-order valence-electron chi connectivity index (χ1n) is 5.55. The Kier molecular flexibility index (Phi) is 3.95. The molecule has 0 unspecified atom stereocenters. The molecule has 1 heterocycles. The largest absolute Gasteiger partial charge is 0.489 e. The van der Waals surface area contributed by atoms with Gasteiger partial charge < -0.3 is 14.3 Å². The number of nitrogens with two attached hydrogens (primary N) is 1. The summed E-state index contributed by atoms with van der Waals surface area (Å²) < 4.78 is 11.2. The van der Waals surface area contributed by atoms with Crippen LogP contribution in [0, 0.1) is 0 Å². The van der Waals surface area contributed by atoms with Gasteiger partial charge in [0.1, 0.15) is 0 Å². The van der Waals surface area contributed by atoms with E-state index >= 15 is 0 Å². The first-order chi connectivity index (χ1) is 8.36. The van der Waals surface area contributed by atoms with E-state index in [1.54, 1.807) is 6.07 Å². The molecule has 92 valence electrons. The van der Waals surface area contributed by atoms with Crippen molar-refractivity contribution in [1.29, 1.82) is 0 Å². The van der Waals surface area contributed by atoms with Crippen molar-refractivity contribution in [2.45, 2.75) is 12.8 Å². The lowest BCUT2D eigenvalue weighted by molar-refractivity contribution is 0.111. The van der Waals surface area contributed by atoms with E-state index in [1.165, 1.54) is 0 Å². The van der Waals surface area contributed by atoms with E-state index in [2.05, 4.69) is 4.84 Å². The standard InChI is InChI=1S/C12H15NO4/c13-17-7-4-9-2-3-10(8-14)12-11(9)15-5-1-6-16-12/h2-3,8H,1,4-7,13H2. The zero-order chi connectivity index (χ0) is 12.1. The summed E-state index contributed by atoms with van der Waals surface area (Å²) in [5, 5.41) is 0. The molecule has 1 aromatic carbocycles. The third kappa shape index (κ3) is 2.57. The summed E-state index contributed by atoms with van der Waals surface area (Å²) in [7, 11) is 0. The van der Waals surface area contributed by atoms with Gasteiger partial charge in [0.2, 0.25) is 0 Å². The molecule has 1 aliphatic heterocycles. The van der Waals surface area contributed by atoms with Gasteiger partial charge in [-0.25, -0.2) is 5.90 Å². The van der Waals surface area contributed by atoms with Crippen LogP contribution < -0.4 is 15.4 Å². The second-order valence-electron chi connectivity index (χ2n) is 3.76. The fraction of sp³-hybridized carbons (Fsp3) is 0.417. The molecule has 0 amide bonds. The van der Waals surface area contributed by atoms with E-state index in [4.69, 9.17) is 15.4 Å². The van der Waals surface area contributed by atoms with E-state index < -0.39 is 0 Å². The van der Waals surface area contributed by atoms with E-state index in [9.17, 15) is 4.79 Å². The third-order valence-electron chi connectivity index (χ3n) is 2.62. The molecule has 0 aromatic heterocycles. The number of hydrogen-bond donors (Lipinski definition) is 1. The second kappa shape index (κ2) is 5.65. The maximum absolute atomic E-state index is 10.9. The average Bonchev–Trinajstić information content (AvgIpc) is 2.61. The number of fused-ring (bicyclic) bond motifs is 1. The highest BCUT2D eigenvalue weighted by Gasteiger charge is 2.18. The summed E-state index contributed by atoms with van der Waals surface area (Å²) in [4.78, 5) is 15.5. The number of benzene rings is 1. The Morgan fingerprint density at radius 1 is 1.29 bits per heavy atom. The predicted molar refractivity (Wildman–Crippen MR) is 61.3 cm³/mol. The van der Waals surface area contributed by atoms with Gasteiger partial charge in [-0.3, -0.25) is 4.79 Å². The van der Waals surface area contributed by atoms with Crippen LogP contribution in [0.25, 0.3) is 0 Å². The zero-order valence-electron chi connectivity index (χ0n) is 9.48. The molecule has 1 aromatic rings. The lowest BCUT2D eigenvalue weighted by atomic mass is 10.1. The first-order valence-corrected chi connectivity index (χ1v) is 5.55. The summed E-state index contributed by atoms with van der Waals surface area (Å²) in [5.74, 6) is 6.19. The molecule has 0 bridgehead atoms. The molecule has 5 heteroatoms. The number of aldehydes is 1. The zero-order valence-corrected chi connectivity index (χ0v) is 9.48. The molecule has 1 aliphatic rings. The summed E-state index contributed by atoms with van der Waals surface area (Å²) in [5.41, 5.74) is 1.46. The Hall–Kier alpha value is -1.59. The highest BCUT2D eigenvalue weighted by Crippen LogP contribution is 2.36. The van der Waals surface area contributed by atoms with Crippen molar-refractivity contribution in [1.82, 2.24) is 0 Å². The van der Waals surface area contributed by atoms with Crippen LogP contribution in [0.3, 0.4) is 0 Å². The number of carbonyl (C=O) groups excluding carboxylic acids is 1. The average molecular weight is 237 g/mol. The van der Waals surface area contributed by atoms with Gasteiger partial charge in [-0.05, 0) is 6.07 Å². The van der Waals surface area contributed by atoms with Gasteiger partial charge >= 0.3 is 0 Å². The normalized spacial score (nSPS) is 14.2. The fourth-order valence-corrected chi connectivity index (χ4v) is 1.79. The van der Waals surface area contributed by atoms with Crippen molar-refractivity contribution < 1.29 is 19.1 Å². The molecule has 0 atom stereocenters. The number of carbonyl (C=O) groups is 1. The van der Waals surface area contributed by atoms with Crippen molar-refractivity contribution in [2.24, 2.45) is 5.90 Å². The van der Waals surface area contributed by atoms with Crippen molar-refractivity contribution in [2.75, 3.05) is 19.8 Å². The highest BCUT2D eigenvalue weighted by atomic mass is 16.6. The molecule has 0 saturated heterocycles. The number of ether oxygens (including phenoxy) is 2. The van der Waals surface area contributed by atoms with Gasteiger partial charge in [0, 0.05) is 18.4 Å². The van der Waals surface area contributed by atoms with Crippen LogP contribution in [-0.4, -0.2) is 26.1 Å². The number of rotatable bonds is 4. The third-order valence-corrected chi connectivity index (χ3v) is 2.62. The molecule has 17 heavy (non-hydrogen) atoms. The summed E-state index contributed by atoms with van der Waals surface area (Å²) in [6, 6.07) is 3.57. The molecular formula is C12H15NO4. The van der Waals surface area contributed by atoms with Crippen LogP contribution in [0.1, 0.15) is 22.3 Å². The van der Waals surface area contributed by atoms with Crippen LogP contribution in [0.2, 0.25) is 0 Å². The van der Waals surface area contributed by atoms with Crippen molar-refractivity contribution in [3.05, 3.63) is 23.3 Å². The summed E-state index contributed by atoms with van der Waals surface area (Å²) >= 11 is 0. The van der Waals surface area contributed by atoms with E-state index in [-0.39, 0.29) is 0 Å². The van der Waals surface area contributed by atoms with Crippen molar-refractivity contribution in [3.63, 3.8) is 0 Å². The molecule has 2 N–H and O–H groups in total. The Labute approximate surface area is 99.4 Å². The molecule has 0 spiro atoms. The summed E-state index contributed by atoms with van der Waals surface area (Å²) in [6.45, 7) is 1.55. The molecular weight excluding hydrogens is 222 g/mol. The first kappa shape index (κ1) is 11.9. The van der Waals surface area contributed by atoms with E-state index in [0.717, 1.165) is 18.3 Å². The molecule has 0 fully saturated rings. The molecule has 0 radical (unpaired) electrons. The Bertz CT molecular complexity index is 406. The lowest BCUT2D eigenvalue weighted by Gasteiger charge is -2.13. The van der Waals surface area contributed by atoms with E-state index in [0.29, 0.717) is 43.3 Å². The van der Waals surface area contributed by atoms with Gasteiger partial charge in [-0.15, -0.1) is 0 Å². The monoisotopic (exact) mass is 237 g/mol. The van der Waals surface area contributed by atoms with Gasteiger partial charge in [-0.2, -0.15) is 0 Å². The maximum Gasteiger partial charge on any atom is 0.171 e. The van der Waals surface area contributed by atoms with Crippen molar-refractivity contribution in [3.8, 4) is 11.5 Å². The van der Waals surface area contributed by atoms with E-state index in [1.807, 2.05) is 6.07 Å². The fourth-order valence-electron chi connectivity index (χ4n) is 1.79. The van der Waals surface area contributed by atoms with Crippen LogP contribution >= 0.6 is 0 Å².